The van der Waals surface area contributed by atoms with E-state index in [2.05, 4.69) is 383 Å². The summed E-state index contributed by atoms with van der Waals surface area (Å²) in [5.41, 5.74) is 42.4. The number of hydrogen-bond donors (Lipinski definition) is 0. The van der Waals surface area contributed by atoms with Crippen LogP contribution in [-0.2, 0) is 28.2 Å². The van der Waals surface area contributed by atoms with Crippen molar-refractivity contribution in [2.24, 2.45) is 28.2 Å². The van der Waals surface area contributed by atoms with Gasteiger partial charge in [0.1, 0.15) is 28.2 Å². The van der Waals surface area contributed by atoms with Gasteiger partial charge < -0.3 is 0 Å². The van der Waals surface area contributed by atoms with Crippen LogP contribution in [-0.4, -0.2) is 0 Å². The second kappa shape index (κ2) is 30.0. The van der Waals surface area contributed by atoms with Crippen molar-refractivity contribution in [1.82, 2.24) is 0 Å². The highest BCUT2D eigenvalue weighted by Gasteiger charge is 2.23. The molecule has 12 aromatic rings. The number of nitrogens with zero attached hydrogens (tertiary/aromatic N) is 4. The molecule has 4 heteroatoms. The lowest BCUT2D eigenvalue weighted by Crippen LogP contribution is -2.31. The Balaban J connectivity index is 0.000000148. The van der Waals surface area contributed by atoms with Gasteiger partial charge in [0.2, 0.25) is 22.8 Å². The molecule has 0 bridgehead atoms. The van der Waals surface area contributed by atoms with Crippen molar-refractivity contribution in [1.29, 1.82) is 0 Å². The van der Waals surface area contributed by atoms with E-state index < -0.39 is 0 Å². The van der Waals surface area contributed by atoms with Crippen molar-refractivity contribution < 1.29 is 18.3 Å². The van der Waals surface area contributed by atoms with Gasteiger partial charge in [-0.2, -0.15) is 0 Å². The highest BCUT2D eigenvalue weighted by Crippen LogP contribution is 2.40. The van der Waals surface area contributed by atoms with Gasteiger partial charge in [-0.25, -0.2) is 18.3 Å². The molecule has 0 atom stereocenters. The molecule has 0 saturated heterocycles. The maximum Gasteiger partial charge on any atom is 0.212 e. The average Bonchev–Trinajstić information content (AvgIpc) is 0.804. The van der Waals surface area contributed by atoms with Crippen LogP contribution in [0.4, 0.5) is 0 Å². The van der Waals surface area contributed by atoms with Crippen LogP contribution in [0.3, 0.4) is 0 Å². The fraction of sp³-hybridized carbons (Fsp3) is 0.244. The predicted molar refractivity (Wildman–Crippen MR) is 399 cm³/mol. The van der Waals surface area contributed by atoms with Crippen LogP contribution in [0.2, 0.25) is 0 Å². The van der Waals surface area contributed by atoms with Gasteiger partial charge in [0, 0.05) is 69.8 Å². The van der Waals surface area contributed by atoms with Gasteiger partial charge in [0.15, 0.2) is 24.8 Å². The summed E-state index contributed by atoms with van der Waals surface area (Å²) in [4.78, 5) is 0. The molecule has 0 saturated carbocycles. The smallest absolute Gasteiger partial charge is 0.201 e. The zero-order chi connectivity index (χ0) is 67.8. The summed E-state index contributed by atoms with van der Waals surface area (Å²) >= 11 is 0. The number of benzene rings is 8. The lowest BCUT2D eigenvalue weighted by atomic mass is 9.88. The molecule has 476 valence electrons. The first-order valence-electron chi connectivity index (χ1n) is 33.4. The first-order chi connectivity index (χ1) is 44.9. The van der Waals surface area contributed by atoms with E-state index in [0.29, 0.717) is 5.92 Å². The SMILES string of the molecule is Cc1cc(-c2ccc(C)c(-c3ccccc3C)c2C)[n+](C)cc1C.Cc1ccc(-c2ccc(C)c(-c3ccccc3C)c2C)[n+](C)c1.Cc1ccccc1-c1c(C)ccc(-c2cc(C(C)C)cc[n+]2C)c1C.Cc1ccccc1-c1c(C)ccc(-c2cccc[n+]2C)c1C. The maximum atomic E-state index is 2.34. The van der Waals surface area contributed by atoms with Crippen LogP contribution in [0, 0.1) is 104 Å². The minimum Gasteiger partial charge on any atom is -0.201 e. The first kappa shape index (κ1) is 68.7. The Morgan fingerprint density at radius 3 is 0.926 bits per heavy atom. The van der Waals surface area contributed by atoms with E-state index in [1.165, 1.54) is 179 Å². The van der Waals surface area contributed by atoms with Gasteiger partial charge in [0.25, 0.3) is 0 Å². The Bertz CT molecular complexity index is 4740. The van der Waals surface area contributed by atoms with Gasteiger partial charge in [-0.3, -0.25) is 0 Å². The van der Waals surface area contributed by atoms with Crippen molar-refractivity contribution in [3.8, 4) is 89.5 Å². The highest BCUT2D eigenvalue weighted by atomic mass is 14.9. The maximum absolute atomic E-state index is 2.34. The Labute approximate surface area is 564 Å². The van der Waals surface area contributed by atoms with E-state index in [1.54, 1.807) is 0 Å². The van der Waals surface area contributed by atoms with Crippen molar-refractivity contribution in [3.05, 3.63) is 308 Å². The number of aryl methyl sites for hydroxylation is 15. The van der Waals surface area contributed by atoms with Crippen molar-refractivity contribution in [2.75, 3.05) is 0 Å². The van der Waals surface area contributed by atoms with Crippen LogP contribution in [0.15, 0.2) is 219 Å². The summed E-state index contributed by atoms with van der Waals surface area (Å²) in [5, 5.41) is 0. The van der Waals surface area contributed by atoms with Gasteiger partial charge >= 0.3 is 0 Å². The topological polar surface area (TPSA) is 15.5 Å². The minimum atomic E-state index is 0.529. The quantitative estimate of drug-likeness (QED) is 0.128. The number of rotatable bonds is 9. The zero-order valence-electron chi connectivity index (χ0n) is 60.2. The van der Waals surface area contributed by atoms with Crippen LogP contribution in [0.25, 0.3) is 89.5 Å². The van der Waals surface area contributed by atoms with E-state index in [4.69, 9.17) is 0 Å². The Kier molecular flexibility index (Phi) is 21.9. The molecule has 0 N–H and O–H groups in total. The van der Waals surface area contributed by atoms with Crippen LogP contribution in [0.5, 0.6) is 0 Å². The molecule has 0 radical (unpaired) electrons. The molecule has 0 aliphatic rings. The summed E-state index contributed by atoms with van der Waals surface area (Å²) in [6.07, 6.45) is 8.68. The Morgan fingerprint density at radius 1 is 0.234 bits per heavy atom. The monoisotopic (exact) mass is 1240 g/mol. The van der Waals surface area contributed by atoms with Crippen molar-refractivity contribution >= 4 is 0 Å². The van der Waals surface area contributed by atoms with Crippen LogP contribution in [0.1, 0.15) is 109 Å². The second-order valence-electron chi connectivity index (χ2n) is 26.6. The second-order valence-corrected chi connectivity index (χ2v) is 26.6. The number of pyridine rings is 4. The molecule has 0 amide bonds. The fourth-order valence-corrected chi connectivity index (χ4v) is 13.8. The normalized spacial score (nSPS) is 10.9. The zero-order valence-corrected chi connectivity index (χ0v) is 60.2. The molecule has 94 heavy (non-hydrogen) atoms. The van der Waals surface area contributed by atoms with Crippen LogP contribution < -0.4 is 18.3 Å². The summed E-state index contributed by atoms with van der Waals surface area (Å²) in [6, 6.07) is 70.2. The molecule has 4 nitrogen and oxygen atoms in total. The number of hydrogen-bond acceptors (Lipinski definition) is 0. The van der Waals surface area contributed by atoms with Crippen molar-refractivity contribution in [3.63, 3.8) is 0 Å². The third kappa shape index (κ3) is 14.9. The Morgan fingerprint density at radius 2 is 0.564 bits per heavy atom. The molecule has 0 aliphatic carbocycles. The summed E-state index contributed by atoms with van der Waals surface area (Å²) < 4.78 is 8.86. The molecule has 0 unspecified atom stereocenters. The van der Waals surface area contributed by atoms with E-state index in [1.807, 2.05) is 0 Å². The lowest BCUT2D eigenvalue weighted by molar-refractivity contribution is -0.660. The predicted octanol–water partition coefficient (Wildman–Crippen LogP) is 21.1. The first-order valence-corrected chi connectivity index (χ1v) is 33.4. The molecule has 12 rings (SSSR count). The van der Waals surface area contributed by atoms with Gasteiger partial charge in [-0.15, -0.1) is 0 Å². The summed E-state index contributed by atoms with van der Waals surface area (Å²) in [7, 11) is 8.48. The van der Waals surface area contributed by atoms with Crippen LogP contribution >= 0.6 is 0 Å². The molecule has 0 fully saturated rings. The molecule has 8 aromatic carbocycles. The fourth-order valence-electron chi connectivity index (χ4n) is 13.8. The lowest BCUT2D eigenvalue weighted by Gasteiger charge is -2.16. The van der Waals surface area contributed by atoms with Gasteiger partial charge in [-0.05, 0) is 269 Å². The van der Waals surface area contributed by atoms with E-state index in [0.717, 1.165) is 0 Å². The third-order valence-electron chi connectivity index (χ3n) is 19.4. The molecule has 0 aliphatic heterocycles. The standard InChI is InChI=1S/C24H28N.C23H26N.C22H24N.C21H22N/c1-16(2)20-13-14-25(6)23(15-20)22-12-11-18(4)24(19(22)5)21-10-8-7-9-17(21)3;1-15-9-7-8-10-20(15)23-16(2)11-12-21(19(23)5)22-13-17(3)18(4)14-24(22)6;1-15-10-13-21(23(5)14-15)20-12-11-17(3)22(18(20)4)19-9-7-6-8-16(19)2;1-15-9-5-6-10-18(15)21-16(2)12-13-19(17(21)3)20-11-7-8-14-22(20)4/h7-16H,1-6H3;7-14H,1-6H3;6-14H,1-5H3;5-14H,1-4H3/q4*+1. The third-order valence-corrected chi connectivity index (χ3v) is 19.4. The largest absolute Gasteiger partial charge is 0.212 e. The number of aromatic nitrogens is 4. The molecular formula is C90H100N4+4. The average molecular weight is 1240 g/mol. The van der Waals surface area contributed by atoms with E-state index in [9.17, 15) is 0 Å². The van der Waals surface area contributed by atoms with Gasteiger partial charge in [0.05, 0.1) is 0 Å². The molecular weight excluding hydrogens is 1140 g/mol. The highest BCUT2D eigenvalue weighted by molar-refractivity contribution is 5.84. The van der Waals surface area contributed by atoms with E-state index in [-0.39, 0.29) is 0 Å². The van der Waals surface area contributed by atoms with E-state index >= 15 is 0 Å². The summed E-state index contributed by atoms with van der Waals surface area (Å²) in [5.74, 6) is 0.529. The minimum absolute atomic E-state index is 0.529. The van der Waals surface area contributed by atoms with Gasteiger partial charge in [-0.1, -0.05) is 135 Å². The molecule has 4 aromatic heterocycles. The summed E-state index contributed by atoms with van der Waals surface area (Å²) in [6.45, 7) is 37.5. The molecule has 0 spiro atoms. The van der Waals surface area contributed by atoms with Crippen molar-refractivity contribution in [2.45, 2.75) is 124 Å². The Hall–Kier alpha value is -9.64. The molecule has 4 heterocycles.